The van der Waals surface area contributed by atoms with Gasteiger partial charge in [-0.2, -0.15) is 0 Å². The first-order valence-electron chi connectivity index (χ1n) is 7.35. The number of nitrogens with zero attached hydrogens (tertiary/aromatic N) is 2. The van der Waals surface area contributed by atoms with Crippen molar-refractivity contribution in [3.8, 4) is 0 Å². The number of aromatic carboxylic acids is 1. The highest BCUT2D eigenvalue weighted by Gasteiger charge is 2.26. The largest absolute Gasteiger partial charge is 0.477 e. The average molecular weight is 291 g/mol. The monoisotopic (exact) mass is 291 g/mol. The summed E-state index contributed by atoms with van der Waals surface area (Å²) in [5, 5.41) is 12.3. The number of hydrogen-bond donors (Lipinski definition) is 2. The van der Waals surface area contributed by atoms with E-state index in [1.165, 1.54) is 6.07 Å². The van der Waals surface area contributed by atoms with Crippen LogP contribution in [-0.2, 0) is 0 Å². The molecule has 1 amide bonds. The number of rotatable bonds is 5. The van der Waals surface area contributed by atoms with Crippen LogP contribution in [-0.4, -0.2) is 52.5 Å². The summed E-state index contributed by atoms with van der Waals surface area (Å²) in [6, 6.07) is 4.75. The van der Waals surface area contributed by atoms with Gasteiger partial charge >= 0.3 is 5.97 Å². The molecule has 0 radical (unpaired) electrons. The van der Waals surface area contributed by atoms with Crippen LogP contribution in [0.1, 0.15) is 47.2 Å². The van der Waals surface area contributed by atoms with E-state index in [-0.39, 0.29) is 23.3 Å². The smallest absolute Gasteiger partial charge is 0.354 e. The van der Waals surface area contributed by atoms with Crippen molar-refractivity contribution in [1.29, 1.82) is 0 Å². The zero-order valence-corrected chi connectivity index (χ0v) is 12.2. The molecule has 6 nitrogen and oxygen atoms in total. The quantitative estimate of drug-likeness (QED) is 0.856. The lowest BCUT2D eigenvalue weighted by Crippen LogP contribution is -2.46. The maximum Gasteiger partial charge on any atom is 0.354 e. The van der Waals surface area contributed by atoms with Gasteiger partial charge in [-0.25, -0.2) is 9.78 Å². The normalized spacial score (nSPS) is 15.7. The number of carboxylic acid groups (broad SMARTS) is 1. The van der Waals surface area contributed by atoms with Crippen molar-refractivity contribution in [2.45, 2.75) is 32.2 Å². The maximum absolute atomic E-state index is 12.7. The van der Waals surface area contributed by atoms with Gasteiger partial charge in [0, 0.05) is 12.6 Å². The Hall–Kier alpha value is -1.95. The van der Waals surface area contributed by atoms with Crippen LogP contribution in [0.15, 0.2) is 18.2 Å². The number of nitrogens with one attached hydrogen (secondary N) is 1. The molecule has 0 unspecified atom stereocenters. The fraction of sp³-hybridized carbons (Fsp3) is 0.533. The summed E-state index contributed by atoms with van der Waals surface area (Å²) in [4.78, 5) is 29.4. The van der Waals surface area contributed by atoms with Crippen molar-refractivity contribution in [3.63, 3.8) is 0 Å². The van der Waals surface area contributed by atoms with Crippen LogP contribution in [0.25, 0.3) is 0 Å². The molecule has 114 valence electrons. The molecule has 1 fully saturated rings. The van der Waals surface area contributed by atoms with Crippen molar-refractivity contribution in [2.75, 3.05) is 19.6 Å². The summed E-state index contributed by atoms with van der Waals surface area (Å²) in [5.74, 6) is -1.29. The molecule has 1 aromatic rings. The summed E-state index contributed by atoms with van der Waals surface area (Å²) < 4.78 is 0. The number of aromatic nitrogens is 1. The summed E-state index contributed by atoms with van der Waals surface area (Å²) in [6.45, 7) is 4.51. The second kappa shape index (κ2) is 7.17. The van der Waals surface area contributed by atoms with Crippen LogP contribution in [0.5, 0.6) is 0 Å². The SMILES string of the molecule is CCCN(C(=O)c1cccc(C(=O)O)n1)C1CCNCC1. The van der Waals surface area contributed by atoms with E-state index >= 15 is 0 Å². The molecule has 0 atom stereocenters. The molecule has 2 rings (SSSR count). The number of piperidine rings is 1. The molecule has 1 aliphatic heterocycles. The predicted molar refractivity (Wildman–Crippen MR) is 78.4 cm³/mol. The van der Waals surface area contributed by atoms with Crippen LogP contribution < -0.4 is 5.32 Å². The lowest BCUT2D eigenvalue weighted by molar-refractivity contribution is 0.0636. The van der Waals surface area contributed by atoms with Gasteiger partial charge in [-0.05, 0) is 44.5 Å². The molecular formula is C15H21N3O3. The number of hydrogen-bond acceptors (Lipinski definition) is 4. The number of carboxylic acids is 1. The van der Waals surface area contributed by atoms with Gasteiger partial charge in [0.15, 0.2) is 0 Å². The molecule has 1 aromatic heterocycles. The maximum atomic E-state index is 12.7. The van der Waals surface area contributed by atoms with Crippen LogP contribution in [0.2, 0.25) is 0 Å². The third-order valence-corrected chi connectivity index (χ3v) is 3.66. The topological polar surface area (TPSA) is 82.5 Å². The highest BCUT2D eigenvalue weighted by atomic mass is 16.4. The van der Waals surface area contributed by atoms with E-state index in [9.17, 15) is 9.59 Å². The Bertz CT molecular complexity index is 513. The molecule has 0 aromatic carbocycles. The Balaban J connectivity index is 2.20. The molecule has 21 heavy (non-hydrogen) atoms. The first kappa shape index (κ1) is 15.4. The van der Waals surface area contributed by atoms with E-state index in [1.54, 1.807) is 12.1 Å². The lowest BCUT2D eigenvalue weighted by atomic mass is 10.0. The summed E-state index contributed by atoms with van der Waals surface area (Å²) in [6.07, 6.45) is 2.71. The second-order valence-electron chi connectivity index (χ2n) is 5.19. The third kappa shape index (κ3) is 3.78. The van der Waals surface area contributed by atoms with Gasteiger partial charge < -0.3 is 15.3 Å². The zero-order chi connectivity index (χ0) is 15.2. The minimum absolute atomic E-state index is 0.0948. The van der Waals surface area contributed by atoms with Gasteiger partial charge in [0.25, 0.3) is 5.91 Å². The Morgan fingerprint density at radius 1 is 1.33 bits per heavy atom. The van der Waals surface area contributed by atoms with Crippen molar-refractivity contribution >= 4 is 11.9 Å². The van der Waals surface area contributed by atoms with E-state index in [4.69, 9.17) is 5.11 Å². The van der Waals surface area contributed by atoms with E-state index in [0.29, 0.717) is 6.54 Å². The minimum Gasteiger partial charge on any atom is -0.477 e. The zero-order valence-electron chi connectivity index (χ0n) is 12.2. The fourth-order valence-corrected chi connectivity index (χ4v) is 2.63. The second-order valence-corrected chi connectivity index (χ2v) is 5.19. The summed E-state index contributed by atoms with van der Waals surface area (Å²) in [5.41, 5.74) is 0.115. The van der Waals surface area contributed by atoms with Gasteiger partial charge in [0.2, 0.25) is 0 Å². The first-order valence-corrected chi connectivity index (χ1v) is 7.35. The molecule has 0 saturated carbocycles. The van der Waals surface area contributed by atoms with E-state index in [1.807, 2.05) is 11.8 Å². The number of carbonyl (C=O) groups is 2. The fourth-order valence-electron chi connectivity index (χ4n) is 2.63. The van der Waals surface area contributed by atoms with Crippen molar-refractivity contribution in [2.24, 2.45) is 0 Å². The molecular weight excluding hydrogens is 270 g/mol. The molecule has 0 aliphatic carbocycles. The Labute approximate surface area is 124 Å². The average Bonchev–Trinajstić information content (AvgIpc) is 2.53. The van der Waals surface area contributed by atoms with Crippen LogP contribution in [0, 0.1) is 0 Å². The summed E-state index contributed by atoms with van der Waals surface area (Å²) in [7, 11) is 0. The number of pyridine rings is 1. The van der Waals surface area contributed by atoms with E-state index in [2.05, 4.69) is 10.3 Å². The van der Waals surface area contributed by atoms with Gasteiger partial charge in [0.1, 0.15) is 11.4 Å². The van der Waals surface area contributed by atoms with Gasteiger partial charge in [-0.15, -0.1) is 0 Å². The molecule has 0 bridgehead atoms. The molecule has 6 heteroatoms. The standard InChI is InChI=1S/C15H21N3O3/c1-2-10-18(11-6-8-16-9-7-11)14(19)12-4-3-5-13(17-12)15(20)21/h3-5,11,16H,2,6-10H2,1H3,(H,20,21). The van der Waals surface area contributed by atoms with E-state index in [0.717, 1.165) is 32.4 Å². The van der Waals surface area contributed by atoms with Crippen LogP contribution in [0.4, 0.5) is 0 Å². The molecule has 0 spiro atoms. The Morgan fingerprint density at radius 2 is 2.00 bits per heavy atom. The molecule has 1 saturated heterocycles. The highest BCUT2D eigenvalue weighted by molar-refractivity contribution is 5.94. The lowest BCUT2D eigenvalue weighted by Gasteiger charge is -2.34. The van der Waals surface area contributed by atoms with Gasteiger partial charge in [-0.1, -0.05) is 13.0 Å². The van der Waals surface area contributed by atoms with Crippen LogP contribution >= 0.6 is 0 Å². The van der Waals surface area contributed by atoms with E-state index < -0.39 is 5.97 Å². The third-order valence-electron chi connectivity index (χ3n) is 3.66. The van der Waals surface area contributed by atoms with Crippen molar-refractivity contribution in [1.82, 2.24) is 15.2 Å². The molecule has 2 heterocycles. The van der Waals surface area contributed by atoms with Crippen LogP contribution in [0.3, 0.4) is 0 Å². The molecule has 2 N–H and O–H groups in total. The predicted octanol–water partition coefficient (Wildman–Crippen LogP) is 1.38. The van der Waals surface area contributed by atoms with Crippen molar-refractivity contribution < 1.29 is 14.7 Å². The summed E-state index contributed by atoms with van der Waals surface area (Å²) >= 11 is 0. The Kier molecular flexibility index (Phi) is 5.27. The number of amides is 1. The number of carbonyl (C=O) groups excluding carboxylic acids is 1. The van der Waals surface area contributed by atoms with Gasteiger partial charge in [-0.3, -0.25) is 4.79 Å². The van der Waals surface area contributed by atoms with Gasteiger partial charge in [0.05, 0.1) is 0 Å². The Morgan fingerprint density at radius 3 is 2.62 bits per heavy atom. The molecule has 1 aliphatic rings. The van der Waals surface area contributed by atoms with Crippen molar-refractivity contribution in [3.05, 3.63) is 29.6 Å². The minimum atomic E-state index is -1.12. The highest BCUT2D eigenvalue weighted by Crippen LogP contribution is 2.16. The first-order chi connectivity index (χ1) is 10.1.